The molecule has 0 bridgehead atoms. The topological polar surface area (TPSA) is 112 Å². The highest BCUT2D eigenvalue weighted by Gasteiger charge is 2.45. The molecule has 41 heavy (non-hydrogen) atoms. The number of ether oxygens (including phenoxy) is 2. The van der Waals surface area contributed by atoms with Gasteiger partial charge >= 0.3 is 5.97 Å². The van der Waals surface area contributed by atoms with Crippen molar-refractivity contribution < 1.29 is 19.1 Å². The van der Waals surface area contributed by atoms with Crippen LogP contribution in [-0.4, -0.2) is 88.0 Å². The molecule has 2 saturated heterocycles. The lowest BCUT2D eigenvalue weighted by Crippen LogP contribution is -2.54. The number of rotatable bonds is 9. The molecule has 2 aromatic rings. The summed E-state index contributed by atoms with van der Waals surface area (Å²) in [6.07, 6.45) is 7.83. The highest BCUT2D eigenvalue weighted by Crippen LogP contribution is 2.35. The van der Waals surface area contributed by atoms with Crippen molar-refractivity contribution in [2.45, 2.75) is 71.2 Å². The van der Waals surface area contributed by atoms with Crippen LogP contribution < -0.4 is 4.74 Å². The molecule has 10 nitrogen and oxygen atoms in total. The molecule has 2 aliphatic rings. The Kier molecular flexibility index (Phi) is 9.94. The molecule has 10 heteroatoms. The second kappa shape index (κ2) is 13.4. The van der Waals surface area contributed by atoms with Gasteiger partial charge in [0.25, 0.3) is 0 Å². The van der Waals surface area contributed by atoms with Crippen molar-refractivity contribution >= 4 is 11.9 Å². The number of methoxy groups -OCH3 is 1. The van der Waals surface area contributed by atoms with Gasteiger partial charge in [0.1, 0.15) is 11.0 Å². The van der Waals surface area contributed by atoms with Gasteiger partial charge in [-0.3, -0.25) is 24.4 Å². The fraction of sp³-hybridized carbons (Fsp3) is 0.581. The van der Waals surface area contributed by atoms with E-state index in [-0.39, 0.29) is 24.5 Å². The second-order valence-corrected chi connectivity index (χ2v) is 12.0. The van der Waals surface area contributed by atoms with Crippen molar-refractivity contribution in [3.05, 3.63) is 54.0 Å². The standard InChI is InChI=1S/C31H42N6O4/c1-30(2,3)41-28(38)22-37(21-25-5-6-27(40-4)34-19-25)26-9-15-36(16-10-26)29(39)31(23-32)11-17-35(18-12-31)20-24-7-13-33-14-8-24/h5-8,13-14,19,26H,9-12,15-18,20-22H2,1-4H3. The molecule has 2 aromatic heterocycles. The number of piperidine rings is 2. The Balaban J connectivity index is 1.37. The quantitative estimate of drug-likeness (QED) is 0.424. The van der Waals surface area contributed by atoms with E-state index in [4.69, 9.17) is 9.47 Å². The minimum absolute atomic E-state index is 0.0555. The van der Waals surface area contributed by atoms with Crippen molar-refractivity contribution in [2.75, 3.05) is 39.8 Å². The van der Waals surface area contributed by atoms with E-state index in [1.807, 2.05) is 49.9 Å². The first-order chi connectivity index (χ1) is 19.6. The van der Waals surface area contributed by atoms with Gasteiger partial charge in [-0.15, -0.1) is 0 Å². The number of aromatic nitrogens is 2. The number of pyridine rings is 2. The number of carbonyl (C=O) groups excluding carboxylic acids is 2. The number of amides is 1. The molecule has 0 unspecified atom stereocenters. The number of nitrogens with zero attached hydrogens (tertiary/aromatic N) is 6. The fourth-order valence-corrected chi connectivity index (χ4v) is 5.66. The minimum Gasteiger partial charge on any atom is -0.481 e. The molecule has 0 aromatic carbocycles. The molecule has 4 heterocycles. The average Bonchev–Trinajstić information content (AvgIpc) is 2.97. The summed E-state index contributed by atoms with van der Waals surface area (Å²) in [5, 5.41) is 10.2. The SMILES string of the molecule is COc1ccc(CN(CC(=O)OC(C)(C)C)C2CCN(C(=O)C3(C#N)CCN(Cc4ccncc4)CC3)CC2)cn1. The molecule has 0 atom stereocenters. The van der Waals surface area contributed by atoms with Gasteiger partial charge in [-0.25, -0.2) is 4.98 Å². The largest absolute Gasteiger partial charge is 0.481 e. The molecule has 220 valence electrons. The number of esters is 1. The van der Waals surface area contributed by atoms with Gasteiger partial charge in [0.05, 0.1) is 19.7 Å². The van der Waals surface area contributed by atoms with E-state index in [9.17, 15) is 14.9 Å². The van der Waals surface area contributed by atoms with Gasteiger partial charge in [0.2, 0.25) is 11.8 Å². The van der Waals surface area contributed by atoms with E-state index in [0.717, 1.165) is 12.1 Å². The maximum Gasteiger partial charge on any atom is 0.320 e. The first kappa shape index (κ1) is 30.4. The van der Waals surface area contributed by atoms with Crippen molar-refractivity contribution in [1.29, 1.82) is 5.26 Å². The summed E-state index contributed by atoms with van der Waals surface area (Å²) < 4.78 is 10.8. The average molecular weight is 563 g/mol. The van der Waals surface area contributed by atoms with Crippen LogP contribution >= 0.6 is 0 Å². The number of nitriles is 1. The Hall–Kier alpha value is -3.55. The molecule has 1 amide bonds. The Morgan fingerprint density at radius 2 is 1.76 bits per heavy atom. The number of likely N-dealkylation sites (tertiary alicyclic amines) is 2. The van der Waals surface area contributed by atoms with E-state index in [2.05, 4.69) is 25.8 Å². The van der Waals surface area contributed by atoms with Crippen LogP contribution in [0.2, 0.25) is 0 Å². The zero-order valence-electron chi connectivity index (χ0n) is 24.7. The second-order valence-electron chi connectivity index (χ2n) is 12.0. The number of hydrogen-bond acceptors (Lipinski definition) is 9. The lowest BCUT2D eigenvalue weighted by atomic mass is 9.78. The lowest BCUT2D eigenvalue weighted by molar-refractivity contribution is -0.157. The summed E-state index contributed by atoms with van der Waals surface area (Å²) in [7, 11) is 1.58. The van der Waals surface area contributed by atoms with Crippen LogP contribution in [0.25, 0.3) is 0 Å². The Labute approximate surface area is 243 Å². The minimum atomic E-state index is -0.980. The Morgan fingerprint density at radius 3 is 2.32 bits per heavy atom. The molecular weight excluding hydrogens is 520 g/mol. The van der Waals surface area contributed by atoms with Crippen LogP contribution in [-0.2, 0) is 27.4 Å². The summed E-state index contributed by atoms with van der Waals surface area (Å²) in [5.74, 6) is 0.202. The number of hydrogen-bond donors (Lipinski definition) is 0. The normalized spacial score (nSPS) is 18.1. The lowest BCUT2D eigenvalue weighted by Gasteiger charge is -2.43. The Bertz CT molecular complexity index is 1190. The Morgan fingerprint density at radius 1 is 1.07 bits per heavy atom. The fourth-order valence-electron chi connectivity index (χ4n) is 5.66. The van der Waals surface area contributed by atoms with E-state index >= 15 is 0 Å². The molecule has 0 aliphatic carbocycles. The molecule has 0 N–H and O–H groups in total. The first-order valence-electron chi connectivity index (χ1n) is 14.4. The smallest absolute Gasteiger partial charge is 0.320 e. The predicted molar refractivity (Wildman–Crippen MR) is 153 cm³/mol. The van der Waals surface area contributed by atoms with Crippen LogP contribution in [0.1, 0.15) is 57.6 Å². The van der Waals surface area contributed by atoms with E-state index < -0.39 is 11.0 Å². The third kappa shape index (κ3) is 8.24. The summed E-state index contributed by atoms with van der Waals surface area (Å²) in [6.45, 7) is 9.58. The third-order valence-electron chi connectivity index (χ3n) is 7.90. The van der Waals surface area contributed by atoms with Crippen LogP contribution in [0, 0.1) is 16.7 Å². The van der Waals surface area contributed by atoms with Gasteiger partial charge in [-0.2, -0.15) is 5.26 Å². The van der Waals surface area contributed by atoms with Crippen molar-refractivity contribution in [3.8, 4) is 11.9 Å². The zero-order valence-corrected chi connectivity index (χ0v) is 24.7. The van der Waals surface area contributed by atoms with Gasteiger partial charge in [0, 0.05) is 70.0 Å². The number of carbonyl (C=O) groups is 2. The maximum absolute atomic E-state index is 13.7. The van der Waals surface area contributed by atoms with Crippen molar-refractivity contribution in [3.63, 3.8) is 0 Å². The summed E-state index contributed by atoms with van der Waals surface area (Å²) in [5.41, 5.74) is 0.598. The predicted octanol–water partition coefficient (Wildman–Crippen LogP) is 3.43. The highest BCUT2D eigenvalue weighted by atomic mass is 16.6. The van der Waals surface area contributed by atoms with Crippen molar-refractivity contribution in [2.24, 2.45) is 5.41 Å². The molecule has 2 fully saturated rings. The van der Waals surface area contributed by atoms with Crippen LogP contribution in [0.4, 0.5) is 0 Å². The van der Waals surface area contributed by atoms with E-state index in [1.165, 1.54) is 5.56 Å². The van der Waals surface area contributed by atoms with Gasteiger partial charge < -0.3 is 14.4 Å². The molecule has 0 saturated carbocycles. The van der Waals surface area contributed by atoms with Crippen molar-refractivity contribution in [1.82, 2.24) is 24.7 Å². The maximum atomic E-state index is 13.7. The summed E-state index contributed by atoms with van der Waals surface area (Å²) in [6, 6.07) is 10.3. The summed E-state index contributed by atoms with van der Waals surface area (Å²) >= 11 is 0. The highest BCUT2D eigenvalue weighted by molar-refractivity contribution is 5.85. The molecule has 0 spiro atoms. The van der Waals surface area contributed by atoms with Gasteiger partial charge in [0.15, 0.2) is 0 Å². The molecule has 0 radical (unpaired) electrons. The molecule has 4 rings (SSSR count). The first-order valence-corrected chi connectivity index (χ1v) is 14.4. The zero-order chi connectivity index (χ0) is 29.5. The molecule has 2 aliphatic heterocycles. The van der Waals surface area contributed by atoms with Crippen LogP contribution in [0.5, 0.6) is 5.88 Å². The third-order valence-corrected chi connectivity index (χ3v) is 7.90. The van der Waals surface area contributed by atoms with Gasteiger partial charge in [-0.05, 0) is 69.7 Å². The van der Waals surface area contributed by atoms with Crippen LogP contribution in [0.15, 0.2) is 42.9 Å². The molecular formula is C31H42N6O4. The van der Waals surface area contributed by atoms with Gasteiger partial charge in [-0.1, -0.05) is 6.07 Å². The van der Waals surface area contributed by atoms with E-state index in [0.29, 0.717) is 64.3 Å². The van der Waals surface area contributed by atoms with Crippen LogP contribution in [0.3, 0.4) is 0 Å². The van der Waals surface area contributed by atoms with E-state index in [1.54, 1.807) is 25.7 Å². The monoisotopic (exact) mass is 562 g/mol. The summed E-state index contributed by atoms with van der Waals surface area (Å²) in [4.78, 5) is 41.2.